The van der Waals surface area contributed by atoms with E-state index in [-0.39, 0.29) is 29.8 Å². The normalized spacial score (nSPS) is 14.3. The first-order valence-electron chi connectivity index (χ1n) is 13.8. The Balaban J connectivity index is 1.24. The fourth-order valence-electron chi connectivity index (χ4n) is 4.89. The van der Waals surface area contributed by atoms with Gasteiger partial charge in [-0.25, -0.2) is 9.40 Å². The van der Waals surface area contributed by atoms with Gasteiger partial charge >= 0.3 is 0 Å². The quantitative estimate of drug-likeness (QED) is 0.171. The molecule has 3 heterocycles. The van der Waals surface area contributed by atoms with E-state index in [9.17, 15) is 14.0 Å². The Morgan fingerprint density at radius 3 is 2.62 bits per heavy atom. The topological polar surface area (TPSA) is 102 Å². The third kappa shape index (κ3) is 6.77. The number of carbonyl (C=O) groups is 2. The number of nitrogens with zero attached hydrogens (tertiary/aromatic N) is 5. The highest BCUT2D eigenvalue weighted by molar-refractivity contribution is 7.99. The van der Waals surface area contributed by atoms with Crippen molar-refractivity contribution in [1.82, 2.24) is 25.1 Å². The van der Waals surface area contributed by atoms with Crippen LogP contribution in [-0.4, -0.2) is 50.2 Å². The van der Waals surface area contributed by atoms with Crippen LogP contribution in [0.4, 0.5) is 4.39 Å². The van der Waals surface area contributed by atoms with Gasteiger partial charge in [-0.15, -0.1) is 21.5 Å². The molecular formula is C32H26ClFN6O3S2. The van der Waals surface area contributed by atoms with Crippen LogP contribution >= 0.6 is 34.7 Å². The fraction of sp³-hybridized carbons (Fsp3) is 0.156. The Morgan fingerprint density at radius 1 is 1.07 bits per heavy atom. The number of ether oxygens (including phenoxy) is 1. The molecule has 1 N–H and O–H groups in total. The number of aromatic nitrogens is 3. The molecule has 0 fully saturated rings. The molecular weight excluding hydrogens is 635 g/mol. The maximum atomic E-state index is 14.2. The lowest BCUT2D eigenvalue weighted by molar-refractivity contribution is -0.130. The zero-order chi connectivity index (χ0) is 31.3. The lowest BCUT2D eigenvalue weighted by Crippen LogP contribution is -2.28. The van der Waals surface area contributed by atoms with E-state index in [4.69, 9.17) is 21.4 Å². The first-order valence-corrected chi connectivity index (χ1v) is 16.1. The van der Waals surface area contributed by atoms with Crippen molar-refractivity contribution in [2.24, 2.45) is 5.10 Å². The second-order valence-corrected chi connectivity index (χ2v) is 12.2. The number of benzene rings is 3. The van der Waals surface area contributed by atoms with E-state index in [0.29, 0.717) is 28.1 Å². The Hall–Kier alpha value is -4.52. The predicted octanol–water partition coefficient (Wildman–Crippen LogP) is 6.53. The maximum absolute atomic E-state index is 14.2. The van der Waals surface area contributed by atoms with E-state index in [2.05, 4.69) is 15.5 Å². The summed E-state index contributed by atoms with van der Waals surface area (Å²) in [7, 11) is 1.61. The van der Waals surface area contributed by atoms with Crippen LogP contribution in [0.5, 0.6) is 5.75 Å². The van der Waals surface area contributed by atoms with E-state index in [0.717, 1.165) is 21.9 Å². The lowest BCUT2D eigenvalue weighted by atomic mass is 10.0. The van der Waals surface area contributed by atoms with Gasteiger partial charge in [-0.05, 0) is 59.5 Å². The second kappa shape index (κ2) is 13.6. The number of hydrazone groups is 1. The number of hydrogen-bond acceptors (Lipinski definition) is 8. The summed E-state index contributed by atoms with van der Waals surface area (Å²) in [5, 5.41) is 20.5. The molecule has 9 nitrogen and oxygen atoms in total. The van der Waals surface area contributed by atoms with E-state index >= 15 is 0 Å². The van der Waals surface area contributed by atoms with Crippen LogP contribution in [-0.2, 0) is 11.3 Å². The fourth-order valence-corrected chi connectivity index (χ4v) is 6.62. The Labute approximate surface area is 271 Å². The minimum absolute atomic E-state index is 0.0220. The Kier molecular flexibility index (Phi) is 9.24. The molecule has 0 saturated carbocycles. The largest absolute Gasteiger partial charge is 0.497 e. The number of amides is 2. The number of thioether (sulfide) groups is 1. The minimum Gasteiger partial charge on any atom is -0.497 e. The summed E-state index contributed by atoms with van der Waals surface area (Å²) < 4.78 is 21.2. The first kappa shape index (κ1) is 30.5. The van der Waals surface area contributed by atoms with Crippen LogP contribution in [0.1, 0.15) is 39.1 Å². The summed E-state index contributed by atoms with van der Waals surface area (Å²) in [6.07, 6.45) is 0.577. The summed E-state index contributed by atoms with van der Waals surface area (Å²) in [4.78, 5) is 27.5. The summed E-state index contributed by atoms with van der Waals surface area (Å²) >= 11 is 9.07. The van der Waals surface area contributed by atoms with Crippen molar-refractivity contribution in [2.45, 2.75) is 24.2 Å². The summed E-state index contributed by atoms with van der Waals surface area (Å²) in [6.45, 7) is -0.0404. The van der Waals surface area contributed by atoms with Crippen molar-refractivity contribution >= 4 is 52.2 Å². The number of carbonyl (C=O) groups excluding carboxylic acids is 2. The highest BCUT2D eigenvalue weighted by atomic mass is 35.5. The molecule has 45 heavy (non-hydrogen) atoms. The molecule has 2 aromatic heterocycles. The van der Waals surface area contributed by atoms with E-state index in [1.165, 1.54) is 30.0 Å². The molecule has 0 aliphatic carbocycles. The molecule has 5 aromatic rings. The van der Waals surface area contributed by atoms with Gasteiger partial charge in [0, 0.05) is 11.4 Å². The van der Waals surface area contributed by atoms with Crippen molar-refractivity contribution in [3.05, 3.63) is 123 Å². The van der Waals surface area contributed by atoms with Gasteiger partial charge in [-0.3, -0.25) is 14.2 Å². The van der Waals surface area contributed by atoms with Crippen LogP contribution in [0.25, 0.3) is 5.69 Å². The van der Waals surface area contributed by atoms with Crippen LogP contribution in [0, 0.1) is 5.82 Å². The molecule has 0 bridgehead atoms. The molecule has 3 aromatic carbocycles. The SMILES string of the molecule is COc1ccc([C@H]2CC(c3cccs3)=NN2C(=O)CSc2nnc(CNC(=O)c3ccccc3F)n2-c2cccc(Cl)c2)cc1. The number of methoxy groups -OCH3 is 1. The molecule has 0 spiro atoms. The summed E-state index contributed by atoms with van der Waals surface area (Å²) in [5.41, 5.74) is 2.36. The monoisotopic (exact) mass is 660 g/mol. The second-order valence-electron chi connectivity index (χ2n) is 9.92. The maximum Gasteiger partial charge on any atom is 0.254 e. The zero-order valence-electron chi connectivity index (χ0n) is 23.9. The molecule has 6 rings (SSSR count). The number of nitrogens with one attached hydrogen (secondary N) is 1. The van der Waals surface area contributed by atoms with Gasteiger partial charge < -0.3 is 10.1 Å². The van der Waals surface area contributed by atoms with Gasteiger partial charge in [0.05, 0.1) is 47.3 Å². The van der Waals surface area contributed by atoms with Gasteiger partial charge in [-0.2, -0.15) is 5.10 Å². The van der Waals surface area contributed by atoms with Gasteiger partial charge in [0.2, 0.25) is 0 Å². The Bertz CT molecular complexity index is 1860. The Morgan fingerprint density at radius 2 is 1.89 bits per heavy atom. The number of hydrogen-bond donors (Lipinski definition) is 1. The van der Waals surface area contributed by atoms with E-state index in [1.54, 1.807) is 52.3 Å². The van der Waals surface area contributed by atoms with Crippen molar-refractivity contribution < 1.29 is 18.7 Å². The van der Waals surface area contributed by atoms with Gasteiger partial charge in [-0.1, -0.05) is 59.8 Å². The van der Waals surface area contributed by atoms with Crippen LogP contribution in [0.2, 0.25) is 5.02 Å². The van der Waals surface area contributed by atoms with E-state index < -0.39 is 11.7 Å². The van der Waals surface area contributed by atoms with Crippen LogP contribution in [0.15, 0.2) is 101 Å². The highest BCUT2D eigenvalue weighted by Crippen LogP contribution is 2.35. The van der Waals surface area contributed by atoms with Gasteiger partial charge in [0.25, 0.3) is 11.8 Å². The third-order valence-electron chi connectivity index (χ3n) is 7.09. The molecule has 13 heteroatoms. The molecule has 0 radical (unpaired) electrons. The van der Waals surface area contributed by atoms with Crippen LogP contribution < -0.4 is 10.1 Å². The van der Waals surface area contributed by atoms with Gasteiger partial charge in [0.15, 0.2) is 11.0 Å². The van der Waals surface area contributed by atoms with Crippen molar-refractivity contribution in [3.63, 3.8) is 0 Å². The number of thiophene rings is 1. The lowest BCUT2D eigenvalue weighted by Gasteiger charge is -2.22. The zero-order valence-corrected chi connectivity index (χ0v) is 26.3. The molecule has 1 aliphatic heterocycles. The van der Waals surface area contributed by atoms with Crippen molar-refractivity contribution in [3.8, 4) is 11.4 Å². The average molecular weight is 661 g/mol. The number of halogens is 2. The molecule has 0 unspecified atom stereocenters. The van der Waals surface area contributed by atoms with E-state index in [1.807, 2.05) is 47.8 Å². The highest BCUT2D eigenvalue weighted by Gasteiger charge is 2.34. The molecule has 228 valence electrons. The molecule has 1 atom stereocenters. The third-order valence-corrected chi connectivity index (χ3v) is 9.16. The average Bonchev–Trinajstić information content (AvgIpc) is 3.83. The molecule has 1 aliphatic rings. The van der Waals surface area contributed by atoms with Crippen molar-refractivity contribution in [2.75, 3.05) is 12.9 Å². The summed E-state index contributed by atoms with van der Waals surface area (Å²) in [5.74, 6) is -0.286. The smallest absolute Gasteiger partial charge is 0.254 e. The number of rotatable bonds is 10. The van der Waals surface area contributed by atoms with Crippen LogP contribution in [0.3, 0.4) is 0 Å². The standard InChI is InChI=1S/C32H26ClFN6O3S2/c1-43-23-13-11-20(12-14-23)27-17-26(28-10-5-15-44-28)38-40(27)30(41)19-45-32-37-36-29(39(32)22-7-4-6-21(33)16-22)18-35-31(42)24-8-2-3-9-25(24)34/h2-16,27H,17-19H2,1H3,(H,35,42)/t27-/m1/s1. The summed E-state index contributed by atoms with van der Waals surface area (Å²) in [6, 6.07) is 24.1. The predicted molar refractivity (Wildman–Crippen MR) is 173 cm³/mol. The van der Waals surface area contributed by atoms with Crippen molar-refractivity contribution in [1.29, 1.82) is 0 Å². The minimum atomic E-state index is -0.624. The molecule has 0 saturated heterocycles. The molecule has 2 amide bonds. The first-order chi connectivity index (χ1) is 21.9. The van der Waals surface area contributed by atoms with Gasteiger partial charge in [0.1, 0.15) is 11.6 Å².